The molecule has 0 bridgehead atoms. The second-order valence-corrected chi connectivity index (χ2v) is 6.98. The molecule has 33 heavy (non-hydrogen) atoms. The zero-order valence-electron chi connectivity index (χ0n) is 16.3. The lowest BCUT2D eigenvalue weighted by atomic mass is 10.0. The topological polar surface area (TPSA) is 54.3 Å². The fraction of sp³-hybridized carbons (Fsp3) is 0.389. The number of alkyl halides is 9. The first-order valence-electron chi connectivity index (χ1n) is 9.16. The minimum Gasteiger partial charge on any atom is -0.271 e. The first kappa shape index (κ1) is 24.5. The van der Waals surface area contributed by atoms with Gasteiger partial charge in [-0.05, 0) is 24.6 Å². The van der Waals surface area contributed by atoms with E-state index in [9.17, 15) is 44.3 Å². The van der Waals surface area contributed by atoms with Crippen molar-refractivity contribution in [2.24, 2.45) is 0 Å². The third-order valence-electron chi connectivity index (χ3n) is 4.47. The molecule has 0 atom stereocenters. The summed E-state index contributed by atoms with van der Waals surface area (Å²) in [5.41, 5.74) is -3.66. The Morgan fingerprint density at radius 2 is 1.55 bits per heavy atom. The zero-order chi connectivity index (χ0) is 24.6. The highest BCUT2D eigenvalue weighted by atomic mass is 19.4. The second kappa shape index (κ2) is 8.68. The van der Waals surface area contributed by atoms with Gasteiger partial charge in [0, 0.05) is 30.9 Å². The minimum absolute atomic E-state index is 0.0175. The van der Waals surface area contributed by atoms with Gasteiger partial charge in [-0.25, -0.2) is 14.7 Å². The van der Waals surface area contributed by atoms with Gasteiger partial charge in [-0.3, -0.25) is 9.80 Å². The van der Waals surface area contributed by atoms with Crippen molar-refractivity contribution in [1.82, 2.24) is 24.8 Å². The standard InChI is InChI=1S/C18H14F9N5O/c19-16(20,21)9-31-3-1-4-32(31)14(33)2-5-30-10-28-15(29-30)11-6-12(17(22,23)24)8-13(7-11)18(25,26)27/h2,5-8,10H,1,3-4,9H2/b5-2-. The van der Waals surface area contributed by atoms with Crippen molar-refractivity contribution < 1.29 is 44.3 Å². The highest BCUT2D eigenvalue weighted by Crippen LogP contribution is 2.38. The third kappa shape index (κ3) is 6.24. The summed E-state index contributed by atoms with van der Waals surface area (Å²) < 4.78 is 117. The summed E-state index contributed by atoms with van der Waals surface area (Å²) in [6.45, 7) is -1.26. The number of hydrogen-bond donors (Lipinski definition) is 0. The van der Waals surface area contributed by atoms with E-state index in [1.165, 1.54) is 0 Å². The van der Waals surface area contributed by atoms with E-state index >= 15 is 0 Å². The van der Waals surface area contributed by atoms with Crippen LogP contribution in [0.4, 0.5) is 39.5 Å². The maximum atomic E-state index is 13.0. The minimum atomic E-state index is -5.05. The van der Waals surface area contributed by atoms with Gasteiger partial charge in [0.15, 0.2) is 5.82 Å². The van der Waals surface area contributed by atoms with Crippen LogP contribution < -0.4 is 0 Å². The van der Waals surface area contributed by atoms with Gasteiger partial charge >= 0.3 is 18.5 Å². The van der Waals surface area contributed by atoms with Crippen molar-refractivity contribution in [3.63, 3.8) is 0 Å². The van der Waals surface area contributed by atoms with Crippen LogP contribution in [-0.4, -0.2) is 56.5 Å². The maximum absolute atomic E-state index is 13.0. The van der Waals surface area contributed by atoms with Crippen LogP contribution in [0.1, 0.15) is 17.5 Å². The van der Waals surface area contributed by atoms with E-state index in [1.807, 2.05) is 0 Å². The molecule has 6 nitrogen and oxygen atoms in total. The molecule has 3 rings (SSSR count). The summed E-state index contributed by atoms with van der Waals surface area (Å²) in [4.78, 5) is 15.9. The lowest BCUT2D eigenvalue weighted by molar-refractivity contribution is -0.176. The molecule has 1 saturated heterocycles. The van der Waals surface area contributed by atoms with Crippen LogP contribution in [0.5, 0.6) is 0 Å². The van der Waals surface area contributed by atoms with E-state index in [4.69, 9.17) is 0 Å². The number of hydrogen-bond acceptors (Lipinski definition) is 4. The molecule has 180 valence electrons. The largest absolute Gasteiger partial charge is 0.416 e. The summed E-state index contributed by atoms with van der Waals surface area (Å²) in [6, 6.07) is 0.855. The van der Waals surface area contributed by atoms with Crippen LogP contribution in [0.2, 0.25) is 0 Å². The number of carbonyl (C=O) groups excluding carboxylic acids is 1. The average Bonchev–Trinajstić information content (AvgIpc) is 3.32. The molecule has 0 aliphatic carbocycles. The summed E-state index contributed by atoms with van der Waals surface area (Å²) in [7, 11) is 0. The quantitative estimate of drug-likeness (QED) is 0.472. The van der Waals surface area contributed by atoms with Crippen molar-refractivity contribution in [3.05, 3.63) is 41.7 Å². The molecule has 1 aliphatic rings. The molecule has 1 aromatic heterocycles. The van der Waals surface area contributed by atoms with Gasteiger partial charge in [0.05, 0.1) is 11.1 Å². The molecule has 1 aromatic carbocycles. The molecule has 0 saturated carbocycles. The Bertz CT molecular complexity index is 1010. The van der Waals surface area contributed by atoms with Crippen LogP contribution in [0.3, 0.4) is 0 Å². The normalized spacial score (nSPS) is 16.2. The summed E-state index contributed by atoms with van der Waals surface area (Å²) >= 11 is 0. The summed E-state index contributed by atoms with van der Waals surface area (Å²) in [6.07, 6.45) is -11.6. The predicted molar refractivity (Wildman–Crippen MR) is 94.8 cm³/mol. The first-order chi connectivity index (χ1) is 15.1. The van der Waals surface area contributed by atoms with Crippen LogP contribution in [-0.2, 0) is 17.1 Å². The molecule has 0 radical (unpaired) electrons. The molecule has 2 heterocycles. The Labute approximate surface area is 179 Å². The van der Waals surface area contributed by atoms with Crippen LogP contribution in [0.15, 0.2) is 30.6 Å². The van der Waals surface area contributed by atoms with Crippen LogP contribution in [0.25, 0.3) is 17.6 Å². The van der Waals surface area contributed by atoms with Gasteiger partial charge in [0.25, 0.3) is 5.91 Å². The highest BCUT2D eigenvalue weighted by molar-refractivity contribution is 5.89. The Hall–Kier alpha value is -3.10. The van der Waals surface area contributed by atoms with Crippen molar-refractivity contribution in [2.45, 2.75) is 24.9 Å². The molecule has 1 aliphatic heterocycles. The van der Waals surface area contributed by atoms with E-state index in [2.05, 4.69) is 10.1 Å². The smallest absolute Gasteiger partial charge is 0.271 e. The Morgan fingerprint density at radius 1 is 0.939 bits per heavy atom. The van der Waals surface area contributed by atoms with Gasteiger partial charge in [0.1, 0.15) is 12.9 Å². The number of hydrazine groups is 1. The number of rotatable bonds is 4. The number of amides is 1. The van der Waals surface area contributed by atoms with Gasteiger partial charge < -0.3 is 0 Å². The third-order valence-corrected chi connectivity index (χ3v) is 4.47. The molecule has 1 fully saturated rings. The summed E-state index contributed by atoms with van der Waals surface area (Å²) in [5.74, 6) is -1.30. The van der Waals surface area contributed by atoms with E-state index < -0.39 is 53.5 Å². The Morgan fingerprint density at radius 3 is 2.09 bits per heavy atom. The molecule has 1 amide bonds. The molecule has 0 unspecified atom stereocenters. The zero-order valence-corrected chi connectivity index (χ0v) is 16.3. The van der Waals surface area contributed by atoms with Crippen molar-refractivity contribution in [1.29, 1.82) is 0 Å². The first-order valence-corrected chi connectivity index (χ1v) is 9.16. The van der Waals surface area contributed by atoms with Crippen molar-refractivity contribution >= 4 is 12.1 Å². The van der Waals surface area contributed by atoms with Gasteiger partial charge in [0.2, 0.25) is 0 Å². The Kier molecular flexibility index (Phi) is 6.46. The van der Waals surface area contributed by atoms with Crippen molar-refractivity contribution in [2.75, 3.05) is 19.6 Å². The number of aromatic nitrogens is 3. The van der Waals surface area contributed by atoms with Gasteiger partial charge in [-0.15, -0.1) is 5.10 Å². The number of benzene rings is 1. The maximum Gasteiger partial charge on any atom is 0.416 e. The predicted octanol–water partition coefficient (Wildman–Crippen LogP) is 4.47. The average molecular weight is 487 g/mol. The molecule has 15 heteroatoms. The summed E-state index contributed by atoms with van der Waals surface area (Å²) in [5, 5.41) is 5.42. The lowest BCUT2D eigenvalue weighted by Crippen LogP contribution is -2.45. The molecule has 0 N–H and O–H groups in total. The van der Waals surface area contributed by atoms with E-state index in [1.54, 1.807) is 0 Å². The van der Waals surface area contributed by atoms with E-state index in [0.717, 1.165) is 33.3 Å². The van der Waals surface area contributed by atoms with Crippen LogP contribution in [0, 0.1) is 0 Å². The fourth-order valence-electron chi connectivity index (χ4n) is 3.08. The number of nitrogens with zero attached hydrogens (tertiary/aromatic N) is 5. The van der Waals surface area contributed by atoms with E-state index in [0.29, 0.717) is 18.6 Å². The molecular formula is C18H14F9N5O. The molecular weight excluding hydrogens is 473 g/mol. The second-order valence-electron chi connectivity index (χ2n) is 6.98. The van der Waals surface area contributed by atoms with Crippen LogP contribution >= 0.6 is 0 Å². The lowest BCUT2D eigenvalue weighted by Gasteiger charge is -2.27. The monoisotopic (exact) mass is 487 g/mol. The molecule has 0 spiro atoms. The fourth-order valence-corrected chi connectivity index (χ4v) is 3.08. The van der Waals surface area contributed by atoms with Gasteiger partial charge in [-0.1, -0.05) is 0 Å². The Balaban J connectivity index is 1.81. The number of halogens is 9. The highest BCUT2D eigenvalue weighted by Gasteiger charge is 2.38. The molecule has 2 aromatic rings. The van der Waals surface area contributed by atoms with E-state index in [-0.39, 0.29) is 19.2 Å². The SMILES string of the molecule is O=C(/C=C\n1cnc(-c2cc(C(F)(F)F)cc(C(F)(F)F)c2)n1)N1CCCN1CC(F)(F)F. The number of carbonyl (C=O) groups is 1. The van der Waals surface area contributed by atoms with Gasteiger partial charge in [-0.2, -0.15) is 39.5 Å². The van der Waals surface area contributed by atoms with Crippen molar-refractivity contribution in [3.8, 4) is 11.4 Å².